The first kappa shape index (κ1) is 18.8. The van der Waals surface area contributed by atoms with E-state index in [0.29, 0.717) is 35.8 Å². The third-order valence-electron chi connectivity index (χ3n) is 4.37. The summed E-state index contributed by atoms with van der Waals surface area (Å²) in [4.78, 5) is 27.3. The SMILES string of the molecule is COc1cc(NC(=O)c2ccco2)c(C(=O)N2CCCNCC2)cc1OC. The molecule has 1 fully saturated rings. The number of anilines is 1. The molecule has 2 N–H and O–H groups in total. The number of furan rings is 1. The van der Waals surface area contributed by atoms with Crippen molar-refractivity contribution >= 4 is 17.5 Å². The smallest absolute Gasteiger partial charge is 0.291 e. The van der Waals surface area contributed by atoms with Crippen molar-refractivity contribution in [2.75, 3.05) is 45.7 Å². The summed E-state index contributed by atoms with van der Waals surface area (Å²) in [6, 6.07) is 6.36. The highest BCUT2D eigenvalue weighted by atomic mass is 16.5. The van der Waals surface area contributed by atoms with Crippen molar-refractivity contribution in [3.05, 3.63) is 41.9 Å². The van der Waals surface area contributed by atoms with Crippen LogP contribution >= 0.6 is 0 Å². The molecule has 8 heteroatoms. The lowest BCUT2D eigenvalue weighted by Gasteiger charge is -2.22. The van der Waals surface area contributed by atoms with Gasteiger partial charge in [-0.05, 0) is 31.2 Å². The maximum atomic E-state index is 13.1. The van der Waals surface area contributed by atoms with E-state index in [-0.39, 0.29) is 11.7 Å². The molecular formula is C19H23N3O5. The Balaban J connectivity index is 1.96. The third-order valence-corrected chi connectivity index (χ3v) is 4.37. The second-order valence-corrected chi connectivity index (χ2v) is 6.08. The molecule has 2 aromatic rings. The van der Waals surface area contributed by atoms with Gasteiger partial charge in [-0.2, -0.15) is 0 Å². The first-order valence-corrected chi connectivity index (χ1v) is 8.75. The molecular weight excluding hydrogens is 350 g/mol. The first-order valence-electron chi connectivity index (χ1n) is 8.75. The van der Waals surface area contributed by atoms with Crippen LogP contribution in [0.3, 0.4) is 0 Å². The molecule has 2 heterocycles. The average Bonchev–Trinajstić information content (AvgIpc) is 3.10. The molecule has 144 valence electrons. The molecule has 1 aromatic heterocycles. The van der Waals surface area contributed by atoms with Crippen molar-refractivity contribution in [2.45, 2.75) is 6.42 Å². The second kappa shape index (κ2) is 8.59. The zero-order valence-electron chi connectivity index (χ0n) is 15.4. The van der Waals surface area contributed by atoms with Gasteiger partial charge in [-0.3, -0.25) is 9.59 Å². The second-order valence-electron chi connectivity index (χ2n) is 6.08. The van der Waals surface area contributed by atoms with E-state index in [9.17, 15) is 9.59 Å². The maximum Gasteiger partial charge on any atom is 0.291 e. The van der Waals surface area contributed by atoms with Crippen LogP contribution in [0.2, 0.25) is 0 Å². The molecule has 0 radical (unpaired) electrons. The zero-order chi connectivity index (χ0) is 19.2. The van der Waals surface area contributed by atoms with Gasteiger partial charge in [0.05, 0.1) is 31.7 Å². The van der Waals surface area contributed by atoms with Crippen LogP contribution in [0.1, 0.15) is 27.3 Å². The van der Waals surface area contributed by atoms with Crippen molar-refractivity contribution in [2.24, 2.45) is 0 Å². The summed E-state index contributed by atoms with van der Waals surface area (Å²) in [5.41, 5.74) is 0.686. The average molecular weight is 373 g/mol. The van der Waals surface area contributed by atoms with E-state index in [0.717, 1.165) is 19.5 Å². The lowest BCUT2D eigenvalue weighted by atomic mass is 10.1. The Hall–Kier alpha value is -3.00. The molecule has 0 saturated carbocycles. The van der Waals surface area contributed by atoms with Crippen LogP contribution in [0.4, 0.5) is 5.69 Å². The van der Waals surface area contributed by atoms with E-state index >= 15 is 0 Å². The summed E-state index contributed by atoms with van der Waals surface area (Å²) in [7, 11) is 3.00. The van der Waals surface area contributed by atoms with Crippen molar-refractivity contribution in [1.29, 1.82) is 0 Å². The van der Waals surface area contributed by atoms with Crippen LogP contribution in [-0.4, -0.2) is 57.1 Å². The fourth-order valence-corrected chi connectivity index (χ4v) is 2.97. The standard InChI is InChI=1S/C19H23N3O5/c1-25-16-11-13(19(24)22-8-4-6-20-7-9-22)14(12-17(16)26-2)21-18(23)15-5-3-10-27-15/h3,5,10-12,20H,4,6-9H2,1-2H3,(H,21,23). The van der Waals surface area contributed by atoms with Gasteiger partial charge in [0.2, 0.25) is 0 Å². The van der Waals surface area contributed by atoms with E-state index < -0.39 is 5.91 Å². The Morgan fingerprint density at radius 2 is 1.93 bits per heavy atom. The molecule has 8 nitrogen and oxygen atoms in total. The fourth-order valence-electron chi connectivity index (χ4n) is 2.97. The van der Waals surface area contributed by atoms with E-state index in [1.54, 1.807) is 29.2 Å². The van der Waals surface area contributed by atoms with Crippen LogP contribution in [0.15, 0.2) is 34.9 Å². The highest BCUT2D eigenvalue weighted by Crippen LogP contribution is 2.34. The summed E-state index contributed by atoms with van der Waals surface area (Å²) >= 11 is 0. The third kappa shape index (κ3) is 4.22. The van der Waals surface area contributed by atoms with Crippen molar-refractivity contribution < 1.29 is 23.5 Å². The van der Waals surface area contributed by atoms with Gasteiger partial charge in [0.1, 0.15) is 0 Å². The largest absolute Gasteiger partial charge is 0.493 e. The van der Waals surface area contributed by atoms with Gasteiger partial charge < -0.3 is 29.4 Å². The number of ether oxygens (including phenoxy) is 2. The van der Waals surface area contributed by atoms with E-state index in [1.165, 1.54) is 20.5 Å². The van der Waals surface area contributed by atoms with Crippen LogP contribution in [0.25, 0.3) is 0 Å². The Labute approximate surface area is 157 Å². The number of nitrogens with one attached hydrogen (secondary N) is 2. The van der Waals surface area contributed by atoms with Crippen molar-refractivity contribution in [3.8, 4) is 11.5 Å². The summed E-state index contributed by atoms with van der Waals surface area (Å²) in [6.45, 7) is 2.84. The van der Waals surface area contributed by atoms with Gasteiger partial charge in [0, 0.05) is 25.7 Å². The highest BCUT2D eigenvalue weighted by molar-refractivity contribution is 6.08. The van der Waals surface area contributed by atoms with Crippen molar-refractivity contribution in [1.82, 2.24) is 10.2 Å². The number of benzene rings is 1. The Morgan fingerprint density at radius 3 is 2.63 bits per heavy atom. The van der Waals surface area contributed by atoms with Crippen LogP contribution in [-0.2, 0) is 0 Å². The molecule has 27 heavy (non-hydrogen) atoms. The lowest BCUT2D eigenvalue weighted by molar-refractivity contribution is 0.0767. The first-order chi connectivity index (χ1) is 13.1. The van der Waals surface area contributed by atoms with Crippen LogP contribution in [0.5, 0.6) is 11.5 Å². The summed E-state index contributed by atoms with van der Waals surface area (Å²) in [6.07, 6.45) is 2.28. The zero-order valence-corrected chi connectivity index (χ0v) is 15.4. The molecule has 0 aliphatic carbocycles. The predicted molar refractivity (Wildman–Crippen MR) is 99.6 cm³/mol. The van der Waals surface area contributed by atoms with Gasteiger partial charge in [-0.1, -0.05) is 0 Å². The predicted octanol–water partition coefficient (Wildman–Crippen LogP) is 1.98. The molecule has 1 aromatic carbocycles. The van der Waals surface area contributed by atoms with Gasteiger partial charge in [0.15, 0.2) is 17.3 Å². The van der Waals surface area contributed by atoms with E-state index in [1.807, 2.05) is 0 Å². The molecule has 3 rings (SSSR count). The van der Waals surface area contributed by atoms with E-state index in [4.69, 9.17) is 13.9 Å². The number of nitrogens with zero attached hydrogens (tertiary/aromatic N) is 1. The Morgan fingerprint density at radius 1 is 1.15 bits per heavy atom. The van der Waals surface area contributed by atoms with Gasteiger partial charge in [-0.15, -0.1) is 0 Å². The minimum absolute atomic E-state index is 0.155. The lowest BCUT2D eigenvalue weighted by Crippen LogP contribution is -2.34. The molecule has 1 saturated heterocycles. The topological polar surface area (TPSA) is 93.0 Å². The number of hydrogen-bond donors (Lipinski definition) is 2. The Bertz CT molecular complexity index is 796. The van der Waals surface area contributed by atoms with Crippen LogP contribution in [0, 0.1) is 0 Å². The van der Waals surface area contributed by atoms with E-state index in [2.05, 4.69) is 10.6 Å². The summed E-state index contributed by atoms with van der Waals surface area (Å²) < 4.78 is 15.8. The number of hydrogen-bond acceptors (Lipinski definition) is 6. The molecule has 1 aliphatic rings. The highest BCUT2D eigenvalue weighted by Gasteiger charge is 2.24. The minimum atomic E-state index is -0.446. The fraction of sp³-hybridized carbons (Fsp3) is 0.368. The van der Waals surface area contributed by atoms with Crippen LogP contribution < -0.4 is 20.1 Å². The molecule has 0 spiro atoms. The monoisotopic (exact) mass is 373 g/mol. The van der Waals surface area contributed by atoms with Crippen molar-refractivity contribution in [3.63, 3.8) is 0 Å². The number of carbonyl (C=O) groups excluding carboxylic acids is 2. The summed E-state index contributed by atoms with van der Waals surface area (Å²) in [5.74, 6) is 0.376. The molecule has 2 amide bonds. The molecule has 0 bridgehead atoms. The molecule has 0 unspecified atom stereocenters. The number of rotatable bonds is 5. The number of amides is 2. The molecule has 1 aliphatic heterocycles. The Kier molecular flexibility index (Phi) is 5.97. The van der Waals surface area contributed by atoms with Gasteiger partial charge in [0.25, 0.3) is 11.8 Å². The molecule has 0 atom stereocenters. The van der Waals surface area contributed by atoms with Gasteiger partial charge in [-0.25, -0.2) is 0 Å². The maximum absolute atomic E-state index is 13.1. The summed E-state index contributed by atoms with van der Waals surface area (Å²) in [5, 5.41) is 6.01. The number of carbonyl (C=O) groups is 2. The van der Waals surface area contributed by atoms with Gasteiger partial charge >= 0.3 is 0 Å². The number of methoxy groups -OCH3 is 2. The quantitative estimate of drug-likeness (QED) is 0.833. The minimum Gasteiger partial charge on any atom is -0.493 e. The normalized spacial score (nSPS) is 14.4.